The van der Waals surface area contributed by atoms with E-state index < -0.39 is 6.10 Å². The normalized spacial score (nSPS) is 16.5. The Morgan fingerprint density at radius 1 is 0.839 bits per heavy atom. The highest BCUT2D eigenvalue weighted by Gasteiger charge is 2.26. The van der Waals surface area contributed by atoms with E-state index in [1.54, 1.807) is 0 Å². The van der Waals surface area contributed by atoms with E-state index in [1.165, 1.54) is 11.1 Å². The molecule has 0 spiro atoms. The Kier molecular flexibility index (Phi) is 5.65. The number of aromatic amines is 1. The van der Waals surface area contributed by atoms with Gasteiger partial charge in [-0.05, 0) is 17.2 Å². The van der Waals surface area contributed by atoms with Crippen molar-refractivity contribution >= 4 is 11.5 Å². The Morgan fingerprint density at radius 3 is 2.06 bits per heavy atom. The molecule has 2 aromatic carbocycles. The number of nitrogens with zero attached hydrogens (tertiary/aromatic N) is 3. The summed E-state index contributed by atoms with van der Waals surface area (Å²) in [5.41, 5.74) is 5.34. The quantitative estimate of drug-likeness (QED) is 0.492. The second kappa shape index (κ2) is 8.88. The molecule has 1 aliphatic carbocycles. The van der Waals surface area contributed by atoms with E-state index >= 15 is 0 Å². The number of oxime groups is 1. The molecule has 0 radical (unpaired) electrons. The summed E-state index contributed by atoms with van der Waals surface area (Å²) in [6.45, 7) is 4.46. The zero-order valence-corrected chi connectivity index (χ0v) is 17.4. The van der Waals surface area contributed by atoms with E-state index in [1.807, 2.05) is 42.6 Å². The van der Waals surface area contributed by atoms with Crippen LogP contribution in [0.2, 0.25) is 0 Å². The topological polar surface area (TPSA) is 62.4 Å². The van der Waals surface area contributed by atoms with Crippen molar-refractivity contribution in [3.63, 3.8) is 0 Å². The number of piperazine rings is 1. The van der Waals surface area contributed by atoms with Crippen LogP contribution in [0.4, 0.5) is 5.82 Å². The van der Waals surface area contributed by atoms with Gasteiger partial charge in [-0.15, -0.1) is 0 Å². The lowest BCUT2D eigenvalue weighted by molar-refractivity contribution is -0.364. The van der Waals surface area contributed by atoms with Crippen LogP contribution in [0.3, 0.4) is 0 Å². The van der Waals surface area contributed by atoms with Crippen LogP contribution in [0.25, 0.3) is 11.1 Å². The van der Waals surface area contributed by atoms with Gasteiger partial charge in [0.15, 0.2) is 0 Å². The fourth-order valence-electron chi connectivity index (χ4n) is 4.38. The first-order valence-corrected chi connectivity index (χ1v) is 10.8. The monoisotopic (exact) mass is 415 g/mol. The maximum Gasteiger partial charge on any atom is 0.274 e. The van der Waals surface area contributed by atoms with Gasteiger partial charge >= 0.3 is 0 Å². The number of anilines is 1. The highest BCUT2D eigenvalue weighted by molar-refractivity contribution is 6.24. The number of rotatable bonds is 6. The minimum Gasteiger partial charge on any atom is -0.392 e. The average Bonchev–Trinajstić information content (AvgIpc) is 3.14. The molecule has 3 aromatic rings. The fourth-order valence-corrected chi connectivity index (χ4v) is 4.38. The van der Waals surface area contributed by atoms with Gasteiger partial charge in [0.05, 0.1) is 19.3 Å². The number of pyridine rings is 1. The van der Waals surface area contributed by atoms with Crippen LogP contribution in [0.1, 0.15) is 11.1 Å². The smallest absolute Gasteiger partial charge is 0.274 e. The summed E-state index contributed by atoms with van der Waals surface area (Å²) in [7, 11) is 0. The lowest BCUT2D eigenvalue weighted by atomic mass is 10.1. The van der Waals surface area contributed by atoms with Crippen LogP contribution in [0.15, 0.2) is 78.1 Å². The predicted molar refractivity (Wildman–Crippen MR) is 121 cm³/mol. The van der Waals surface area contributed by atoms with Crippen LogP contribution in [0, 0.1) is 0 Å². The van der Waals surface area contributed by atoms with Crippen LogP contribution in [0.5, 0.6) is 0 Å². The summed E-state index contributed by atoms with van der Waals surface area (Å²) in [5, 5.41) is 14.9. The first-order chi connectivity index (χ1) is 15.3. The molecule has 2 aliphatic rings. The minimum atomic E-state index is -0.578. The number of aromatic nitrogens is 1. The van der Waals surface area contributed by atoms with E-state index in [2.05, 4.69) is 50.3 Å². The van der Waals surface area contributed by atoms with Crippen LogP contribution in [-0.2, 0) is 4.84 Å². The standard InChI is InChI=1S/C25H26N4O2/c30-19(17-28-13-15-29(16-14-28)24-11-5-6-12-26-24)18-31-27-25-22-9-3-1-7-20(22)21-8-2-4-10-23(21)25/h1-12,19,30H,13-18H2/p+1/t19-/m1/s1. The van der Waals surface area contributed by atoms with Crippen molar-refractivity contribution in [2.45, 2.75) is 6.10 Å². The number of nitrogens with one attached hydrogen (secondary N) is 1. The molecule has 1 aromatic heterocycles. The third-order valence-electron chi connectivity index (χ3n) is 5.95. The minimum absolute atomic E-state index is 0.181. The summed E-state index contributed by atoms with van der Waals surface area (Å²) in [4.78, 5) is 13.5. The number of aliphatic hydroxyl groups excluding tert-OH is 1. The van der Waals surface area contributed by atoms with Crippen molar-refractivity contribution in [3.8, 4) is 11.1 Å². The first-order valence-electron chi connectivity index (χ1n) is 10.8. The molecule has 5 rings (SSSR count). The number of H-pyrrole nitrogens is 1. The van der Waals surface area contributed by atoms with Crippen molar-refractivity contribution in [1.82, 2.24) is 4.90 Å². The molecule has 158 valence electrons. The van der Waals surface area contributed by atoms with Gasteiger partial charge < -0.3 is 9.94 Å². The summed E-state index contributed by atoms with van der Waals surface area (Å²) < 4.78 is 0. The molecular weight excluding hydrogens is 388 g/mol. The second-order valence-corrected chi connectivity index (χ2v) is 8.02. The predicted octanol–water partition coefficient (Wildman–Crippen LogP) is 2.43. The van der Waals surface area contributed by atoms with E-state index in [-0.39, 0.29) is 6.61 Å². The third-order valence-corrected chi connectivity index (χ3v) is 5.95. The van der Waals surface area contributed by atoms with Gasteiger partial charge in [-0.2, -0.15) is 0 Å². The van der Waals surface area contributed by atoms with Crippen molar-refractivity contribution in [2.24, 2.45) is 5.16 Å². The van der Waals surface area contributed by atoms with E-state index in [9.17, 15) is 5.11 Å². The van der Waals surface area contributed by atoms with E-state index in [0.29, 0.717) is 6.54 Å². The lowest BCUT2D eigenvalue weighted by Crippen LogP contribution is -2.50. The van der Waals surface area contributed by atoms with Gasteiger partial charge in [-0.3, -0.25) is 9.80 Å². The van der Waals surface area contributed by atoms with Gasteiger partial charge in [0.1, 0.15) is 18.4 Å². The molecule has 1 atom stereocenters. The van der Waals surface area contributed by atoms with Crippen molar-refractivity contribution in [3.05, 3.63) is 84.1 Å². The molecule has 0 amide bonds. The van der Waals surface area contributed by atoms with Crippen molar-refractivity contribution in [1.29, 1.82) is 0 Å². The Morgan fingerprint density at radius 2 is 1.45 bits per heavy atom. The SMILES string of the molecule is O[C@@H](CON=C1c2ccccc2-c2ccccc21)CN1CCN(c2cccc[nH+]2)CC1. The molecule has 0 unspecified atom stereocenters. The largest absolute Gasteiger partial charge is 0.392 e. The second-order valence-electron chi connectivity index (χ2n) is 8.02. The number of hydrogen-bond acceptors (Lipinski definition) is 5. The number of hydrogen-bond donors (Lipinski definition) is 1. The molecule has 0 bridgehead atoms. The number of benzene rings is 2. The molecule has 6 heteroatoms. The molecule has 2 N–H and O–H groups in total. The van der Waals surface area contributed by atoms with Gasteiger partial charge in [-0.25, -0.2) is 4.98 Å². The van der Waals surface area contributed by atoms with Crippen LogP contribution >= 0.6 is 0 Å². The highest BCUT2D eigenvalue weighted by atomic mass is 16.6. The molecule has 31 heavy (non-hydrogen) atoms. The zero-order valence-electron chi connectivity index (χ0n) is 17.4. The molecule has 1 saturated heterocycles. The Balaban J connectivity index is 1.16. The summed E-state index contributed by atoms with van der Waals surface area (Å²) in [6, 6.07) is 22.6. The number of β-amino-alcohol motifs (C(OH)–C–C–N with tert-alkyl or cyclic N) is 1. The van der Waals surface area contributed by atoms with Gasteiger partial charge in [0, 0.05) is 36.8 Å². The fraction of sp³-hybridized carbons (Fsp3) is 0.280. The Labute approximate surface area is 182 Å². The van der Waals surface area contributed by atoms with Crippen LogP contribution < -0.4 is 9.88 Å². The molecule has 2 heterocycles. The highest BCUT2D eigenvalue weighted by Crippen LogP contribution is 2.36. The molecular formula is C25H27N4O2+. The maximum absolute atomic E-state index is 10.5. The lowest BCUT2D eigenvalue weighted by Gasteiger charge is -2.31. The van der Waals surface area contributed by atoms with E-state index in [4.69, 9.17) is 4.84 Å². The van der Waals surface area contributed by atoms with Gasteiger partial charge in [0.2, 0.25) is 0 Å². The van der Waals surface area contributed by atoms with Gasteiger partial charge in [0.25, 0.3) is 5.82 Å². The molecule has 6 nitrogen and oxygen atoms in total. The number of aliphatic hydroxyl groups is 1. The maximum atomic E-state index is 10.5. The van der Waals surface area contributed by atoms with E-state index in [0.717, 1.165) is 48.8 Å². The van der Waals surface area contributed by atoms with Crippen molar-refractivity contribution < 1.29 is 14.9 Å². The van der Waals surface area contributed by atoms with Crippen LogP contribution in [-0.4, -0.2) is 61.2 Å². The zero-order chi connectivity index (χ0) is 21.0. The summed E-state index contributed by atoms with van der Waals surface area (Å²) in [5.74, 6) is 1.14. The Bertz CT molecular complexity index is 1010. The third kappa shape index (κ3) is 4.17. The molecule has 1 fully saturated rings. The summed E-state index contributed by atoms with van der Waals surface area (Å²) >= 11 is 0. The van der Waals surface area contributed by atoms with Gasteiger partial charge in [-0.1, -0.05) is 59.8 Å². The number of fused-ring (bicyclic) bond motifs is 3. The average molecular weight is 416 g/mol. The first kappa shape index (κ1) is 19.7. The molecule has 1 aliphatic heterocycles. The van der Waals surface area contributed by atoms with Crippen molar-refractivity contribution in [2.75, 3.05) is 44.2 Å². The summed E-state index contributed by atoms with van der Waals surface area (Å²) in [6.07, 6.45) is 1.37. The molecule has 0 saturated carbocycles. The Hall–Kier alpha value is -3.22.